The Morgan fingerprint density at radius 2 is 1.43 bits per heavy atom. The van der Waals surface area contributed by atoms with E-state index < -0.39 is 19.0 Å². The number of hydrogen-bond donors (Lipinski definition) is 0. The fraction of sp³-hybridized carbons (Fsp3) is 1.00. The molecule has 0 spiro atoms. The van der Waals surface area contributed by atoms with Crippen molar-refractivity contribution in [1.82, 2.24) is 0 Å². The predicted molar refractivity (Wildman–Crippen MR) is 71.0 cm³/mol. The molecular formula is C12H22BF8NO. The number of quaternary nitrogens is 1. The molecule has 1 aliphatic rings. The first-order valence-corrected chi connectivity index (χ1v) is 7.39. The Hall–Kier alpha value is -0.575. The molecule has 2 nitrogen and oxygen atoms in total. The van der Waals surface area contributed by atoms with Crippen LogP contribution in [0.5, 0.6) is 0 Å². The minimum atomic E-state index is -7.21. The van der Waals surface area contributed by atoms with Gasteiger partial charge in [-0.25, -0.2) is 8.78 Å². The number of likely N-dealkylation sites (tertiary alicyclic amines) is 1. The molecule has 140 valence electrons. The van der Waals surface area contributed by atoms with Gasteiger partial charge in [0.15, 0.2) is 6.73 Å². The van der Waals surface area contributed by atoms with Crippen molar-refractivity contribution in [2.75, 3.05) is 33.0 Å². The largest absolute Gasteiger partial charge is 0.558 e. The Morgan fingerprint density at radius 3 is 1.70 bits per heavy atom. The lowest BCUT2D eigenvalue weighted by molar-refractivity contribution is -0.933. The molecule has 1 fully saturated rings. The zero-order chi connectivity index (χ0) is 18.4. The zero-order valence-electron chi connectivity index (χ0n) is 13.1. The Labute approximate surface area is 130 Å². The zero-order valence-corrected chi connectivity index (χ0v) is 13.1. The summed E-state index contributed by atoms with van der Waals surface area (Å²) in [6, 6.07) is 0. The first-order valence-electron chi connectivity index (χ1n) is 7.39. The molecule has 0 aromatic heterocycles. The second-order valence-corrected chi connectivity index (χ2v) is 5.55. The highest BCUT2D eigenvalue weighted by molar-refractivity contribution is 6.61. The van der Waals surface area contributed by atoms with Gasteiger partial charge in [0.1, 0.15) is 0 Å². The van der Waals surface area contributed by atoms with Crippen LogP contribution in [0.1, 0.15) is 33.1 Å². The highest BCUT2D eigenvalue weighted by atomic mass is 19.4. The van der Waals surface area contributed by atoms with Crippen molar-refractivity contribution in [2.45, 2.75) is 45.1 Å². The topological polar surface area (TPSA) is 9.23 Å². The van der Waals surface area contributed by atoms with Gasteiger partial charge in [-0.05, 0) is 13.3 Å². The van der Waals surface area contributed by atoms with Gasteiger partial charge in [0.25, 0.3) is 0 Å². The van der Waals surface area contributed by atoms with Crippen LogP contribution in [0.3, 0.4) is 0 Å². The Bertz CT molecular complexity index is 323. The molecule has 0 aromatic rings. The van der Waals surface area contributed by atoms with E-state index in [1.165, 1.54) is 37.0 Å². The van der Waals surface area contributed by atoms with Crippen molar-refractivity contribution in [2.24, 2.45) is 0 Å². The quantitative estimate of drug-likeness (QED) is 0.292. The molecule has 1 rings (SSSR count). The molecule has 1 aliphatic heterocycles. The van der Waals surface area contributed by atoms with Crippen molar-refractivity contribution >= 4 is 6.98 Å². The number of ether oxygens (including phenoxy) is 1. The van der Waals surface area contributed by atoms with Crippen molar-refractivity contribution in [3.05, 3.63) is 0 Å². The van der Waals surface area contributed by atoms with Gasteiger partial charge in [-0.3, -0.25) is 0 Å². The van der Waals surface area contributed by atoms with Crippen LogP contribution in [-0.2, 0) is 4.74 Å². The lowest BCUT2D eigenvalue weighted by Crippen LogP contribution is -2.53. The maximum atomic E-state index is 11.2. The van der Waals surface area contributed by atoms with E-state index in [0.29, 0.717) is 0 Å². The molecule has 1 saturated heterocycles. The van der Waals surface area contributed by atoms with E-state index in [4.69, 9.17) is 4.74 Å². The molecule has 0 radical (unpaired) electrons. The summed E-state index contributed by atoms with van der Waals surface area (Å²) in [6.07, 6.45) is -2.62. The molecular weight excluding hydrogens is 337 g/mol. The average molecular weight is 359 g/mol. The van der Waals surface area contributed by atoms with E-state index in [0.717, 1.165) is 19.8 Å². The molecule has 0 saturated carbocycles. The number of halogens is 8. The van der Waals surface area contributed by atoms with Crippen molar-refractivity contribution in [1.29, 1.82) is 0 Å². The molecule has 0 bridgehead atoms. The van der Waals surface area contributed by atoms with Gasteiger partial charge in [0, 0.05) is 12.8 Å². The van der Waals surface area contributed by atoms with Crippen LogP contribution in [0.15, 0.2) is 0 Å². The fourth-order valence-corrected chi connectivity index (χ4v) is 2.13. The molecule has 0 unspecified atom stereocenters. The van der Waals surface area contributed by atoms with Crippen LogP contribution in [0.25, 0.3) is 0 Å². The van der Waals surface area contributed by atoms with E-state index in [1.807, 2.05) is 0 Å². The summed E-state index contributed by atoms with van der Waals surface area (Å²) in [5.74, 6) is -6.56. The van der Waals surface area contributed by atoms with Gasteiger partial charge >= 0.3 is 19.0 Å². The predicted octanol–water partition coefficient (Wildman–Crippen LogP) is 4.57. The van der Waals surface area contributed by atoms with Crippen molar-refractivity contribution < 1.29 is 44.1 Å². The van der Waals surface area contributed by atoms with E-state index in [1.54, 1.807) is 0 Å². The Balaban J connectivity index is 0.000000423. The van der Waals surface area contributed by atoms with Crippen LogP contribution in [-0.4, -0.2) is 56.4 Å². The smallest absolute Gasteiger partial charge is 0.445 e. The Kier molecular flexibility index (Phi) is 8.29. The normalized spacial score (nSPS) is 18.5. The lowest BCUT2D eigenvalue weighted by atomic mass is 9.80. The molecule has 0 N–H and O–H groups in total. The van der Waals surface area contributed by atoms with Crippen molar-refractivity contribution in [3.63, 3.8) is 0 Å². The molecule has 0 amide bonds. The number of rotatable bonds is 6. The average Bonchev–Trinajstić information content (AvgIpc) is 2.87. The van der Waals surface area contributed by atoms with E-state index in [2.05, 4.69) is 13.8 Å². The third-order valence-corrected chi connectivity index (χ3v) is 3.69. The van der Waals surface area contributed by atoms with Gasteiger partial charge in [-0.2, -0.15) is 13.2 Å². The number of alkyl halides is 5. The third-order valence-electron chi connectivity index (χ3n) is 3.69. The molecule has 0 aliphatic carbocycles. The van der Waals surface area contributed by atoms with E-state index in [9.17, 15) is 34.9 Å². The second-order valence-electron chi connectivity index (χ2n) is 5.55. The van der Waals surface area contributed by atoms with Gasteiger partial charge < -0.3 is 22.2 Å². The van der Waals surface area contributed by atoms with Gasteiger partial charge in [-0.1, -0.05) is 6.92 Å². The summed E-state index contributed by atoms with van der Waals surface area (Å²) < 4.78 is 94.7. The maximum Gasteiger partial charge on any atom is 0.558 e. The third kappa shape index (κ3) is 6.44. The highest BCUT2D eigenvalue weighted by Crippen LogP contribution is 2.44. The molecule has 0 aromatic carbocycles. The molecule has 0 atom stereocenters. The SMILES string of the molecule is CCCOC[N+]1(CC)CCCC1.F[B-](F)(F)C(F)(F)C(F)(F)F. The molecule has 23 heavy (non-hydrogen) atoms. The maximum absolute atomic E-state index is 11.2. The Morgan fingerprint density at radius 1 is 0.957 bits per heavy atom. The van der Waals surface area contributed by atoms with Crippen LogP contribution in [0, 0.1) is 0 Å². The minimum Gasteiger partial charge on any atom is -0.445 e. The van der Waals surface area contributed by atoms with Crippen molar-refractivity contribution in [3.8, 4) is 0 Å². The monoisotopic (exact) mass is 359 g/mol. The summed E-state index contributed by atoms with van der Waals surface area (Å²) in [6.45, 7) is 3.02. The number of nitrogens with zero attached hydrogens (tertiary/aromatic N) is 1. The molecule has 11 heteroatoms. The van der Waals surface area contributed by atoms with Gasteiger partial charge in [-0.15, -0.1) is 0 Å². The van der Waals surface area contributed by atoms with Crippen LogP contribution in [0.4, 0.5) is 34.9 Å². The second kappa shape index (κ2) is 8.50. The van der Waals surface area contributed by atoms with Crippen LogP contribution >= 0.6 is 0 Å². The summed E-state index contributed by atoms with van der Waals surface area (Å²) in [4.78, 5) is 0. The number of hydrogen-bond acceptors (Lipinski definition) is 1. The minimum absolute atomic E-state index is 0.931. The fourth-order valence-electron chi connectivity index (χ4n) is 2.13. The van der Waals surface area contributed by atoms with Gasteiger partial charge in [0.2, 0.25) is 0 Å². The van der Waals surface area contributed by atoms with Gasteiger partial charge in [0.05, 0.1) is 26.2 Å². The first kappa shape index (κ1) is 22.4. The van der Waals surface area contributed by atoms with Crippen LogP contribution in [0.2, 0.25) is 0 Å². The summed E-state index contributed by atoms with van der Waals surface area (Å²) in [7, 11) is 0. The summed E-state index contributed by atoms with van der Waals surface area (Å²) in [5, 5.41) is 0. The first-order chi connectivity index (χ1) is 10.3. The van der Waals surface area contributed by atoms with E-state index in [-0.39, 0.29) is 0 Å². The standard InChI is InChI=1S/C10H22NO.C2BF8/c1-3-9-12-10-11(4-2)7-5-6-8-11;4-1(5,2(6,7)8)3(9,10)11/h3-10H2,1-2H3;/q+1;-1. The summed E-state index contributed by atoms with van der Waals surface area (Å²) in [5.41, 5.74) is 0. The van der Waals surface area contributed by atoms with E-state index >= 15 is 0 Å². The summed E-state index contributed by atoms with van der Waals surface area (Å²) >= 11 is 0. The van der Waals surface area contributed by atoms with Crippen LogP contribution < -0.4 is 0 Å². The lowest BCUT2D eigenvalue weighted by Gasteiger charge is -2.32. The molecule has 1 heterocycles. The highest BCUT2D eigenvalue weighted by Gasteiger charge is 2.69.